The molecule has 0 bridgehead atoms. The second-order valence-corrected chi connectivity index (χ2v) is 7.45. The normalized spacial score (nSPS) is 20.7. The van der Waals surface area contributed by atoms with Gasteiger partial charge in [-0.15, -0.1) is 0 Å². The molecule has 24 heavy (non-hydrogen) atoms. The van der Waals surface area contributed by atoms with Crippen molar-refractivity contribution >= 4 is 17.7 Å². The van der Waals surface area contributed by atoms with Crippen LogP contribution < -0.4 is 0 Å². The van der Waals surface area contributed by atoms with E-state index < -0.39 is 5.97 Å². The maximum atomic E-state index is 10.5. The van der Waals surface area contributed by atoms with Gasteiger partial charge in [0, 0.05) is 13.0 Å². The number of carboxylic acid groups (broad SMARTS) is 1. The third-order valence-electron chi connectivity index (χ3n) is 4.44. The van der Waals surface area contributed by atoms with Gasteiger partial charge >= 0.3 is 5.97 Å². The van der Waals surface area contributed by atoms with Crippen LogP contribution in [0.1, 0.15) is 37.7 Å². The summed E-state index contributed by atoms with van der Waals surface area (Å²) in [4.78, 5) is 10.5. The fraction of sp³-hybridized carbons (Fsp3) is 0.550. The van der Waals surface area contributed by atoms with Gasteiger partial charge in [-0.1, -0.05) is 42.5 Å². The van der Waals surface area contributed by atoms with E-state index in [0.717, 1.165) is 44.1 Å². The molecule has 1 fully saturated rings. The van der Waals surface area contributed by atoms with Gasteiger partial charge in [0.25, 0.3) is 0 Å². The molecule has 2 rings (SSSR count). The summed E-state index contributed by atoms with van der Waals surface area (Å²) < 4.78 is 5.83. The minimum atomic E-state index is -0.703. The Kier molecular flexibility index (Phi) is 9.00. The van der Waals surface area contributed by atoms with E-state index in [1.165, 1.54) is 17.1 Å². The molecular weight excluding hydrogens is 320 g/mol. The van der Waals surface area contributed by atoms with E-state index in [4.69, 9.17) is 9.84 Å². The third kappa shape index (κ3) is 7.54. The SMILES string of the molecule is O=C(O)CCCC=CC[C@H]1CSC[C@H]1CCOCc1ccccc1. The van der Waals surface area contributed by atoms with Crippen LogP contribution in [0.5, 0.6) is 0 Å². The van der Waals surface area contributed by atoms with Crippen LogP contribution in [0, 0.1) is 11.8 Å². The number of ether oxygens (including phenoxy) is 1. The molecule has 132 valence electrons. The minimum Gasteiger partial charge on any atom is -0.481 e. The summed E-state index contributed by atoms with van der Waals surface area (Å²) in [5, 5.41) is 8.61. The Labute approximate surface area is 149 Å². The summed E-state index contributed by atoms with van der Waals surface area (Å²) in [5.41, 5.74) is 1.24. The van der Waals surface area contributed by atoms with Crippen molar-refractivity contribution in [3.05, 3.63) is 48.0 Å². The van der Waals surface area contributed by atoms with Crippen LogP contribution in [-0.4, -0.2) is 29.2 Å². The highest BCUT2D eigenvalue weighted by Gasteiger charge is 2.26. The zero-order valence-electron chi connectivity index (χ0n) is 14.2. The van der Waals surface area contributed by atoms with Gasteiger partial charge < -0.3 is 9.84 Å². The number of unbranched alkanes of at least 4 members (excludes halogenated alkanes) is 1. The van der Waals surface area contributed by atoms with E-state index in [1.54, 1.807) is 0 Å². The smallest absolute Gasteiger partial charge is 0.303 e. The fourth-order valence-electron chi connectivity index (χ4n) is 2.98. The first kappa shape index (κ1) is 19.1. The lowest BCUT2D eigenvalue weighted by molar-refractivity contribution is -0.137. The second kappa shape index (κ2) is 11.3. The van der Waals surface area contributed by atoms with Gasteiger partial charge in [-0.2, -0.15) is 11.8 Å². The summed E-state index contributed by atoms with van der Waals surface area (Å²) in [6, 6.07) is 10.3. The number of aliphatic carboxylic acids is 1. The van der Waals surface area contributed by atoms with Gasteiger partial charge in [0.15, 0.2) is 0 Å². The molecule has 0 unspecified atom stereocenters. The van der Waals surface area contributed by atoms with Crippen molar-refractivity contribution in [2.24, 2.45) is 11.8 Å². The summed E-state index contributed by atoms with van der Waals surface area (Å²) in [5.74, 6) is 3.27. The summed E-state index contributed by atoms with van der Waals surface area (Å²) >= 11 is 2.05. The highest BCUT2D eigenvalue weighted by molar-refractivity contribution is 7.99. The fourth-order valence-corrected chi connectivity index (χ4v) is 4.57. The first-order chi connectivity index (χ1) is 11.8. The zero-order chi connectivity index (χ0) is 17.0. The number of thioether (sulfide) groups is 1. The topological polar surface area (TPSA) is 46.5 Å². The van der Waals surface area contributed by atoms with Crippen LogP contribution in [0.2, 0.25) is 0 Å². The van der Waals surface area contributed by atoms with Gasteiger partial charge in [0.1, 0.15) is 0 Å². The number of benzene rings is 1. The molecule has 2 atom stereocenters. The van der Waals surface area contributed by atoms with Crippen molar-refractivity contribution < 1.29 is 14.6 Å². The lowest BCUT2D eigenvalue weighted by Gasteiger charge is -2.17. The molecule has 4 heteroatoms. The molecule has 0 spiro atoms. The van der Waals surface area contributed by atoms with Gasteiger partial charge in [-0.3, -0.25) is 4.79 Å². The number of hydrogen-bond donors (Lipinski definition) is 1. The van der Waals surface area contributed by atoms with Gasteiger partial charge in [-0.25, -0.2) is 0 Å². The Morgan fingerprint density at radius 2 is 2.00 bits per heavy atom. The summed E-state index contributed by atoms with van der Waals surface area (Å²) in [6.07, 6.45) is 8.52. The molecule has 1 aliphatic rings. The Morgan fingerprint density at radius 3 is 2.79 bits per heavy atom. The molecule has 3 nitrogen and oxygen atoms in total. The number of hydrogen-bond acceptors (Lipinski definition) is 3. The Hall–Kier alpha value is -1.26. The second-order valence-electron chi connectivity index (χ2n) is 6.38. The molecule has 1 saturated heterocycles. The average molecular weight is 349 g/mol. The lowest BCUT2D eigenvalue weighted by atomic mass is 9.90. The van der Waals surface area contributed by atoms with Crippen LogP contribution in [0.3, 0.4) is 0 Å². The first-order valence-electron chi connectivity index (χ1n) is 8.82. The molecule has 1 aromatic rings. The summed E-state index contributed by atoms with van der Waals surface area (Å²) in [6.45, 7) is 1.54. The molecule has 0 radical (unpaired) electrons. The predicted molar refractivity (Wildman–Crippen MR) is 100 cm³/mol. The largest absolute Gasteiger partial charge is 0.481 e. The van der Waals surface area contributed by atoms with Gasteiger partial charge in [0.2, 0.25) is 0 Å². The number of carboxylic acids is 1. The standard InChI is InChI=1S/C20H28O3S/c21-20(22)11-7-2-1-6-10-18-15-24-16-19(18)12-13-23-14-17-8-4-3-5-9-17/h1,3-6,8-9,18-19H,2,7,10-16H2,(H,21,22)/t18-,19+/m0/s1. The average Bonchev–Trinajstić information content (AvgIpc) is 3.03. The lowest BCUT2D eigenvalue weighted by Crippen LogP contribution is -2.14. The van der Waals surface area contributed by atoms with Crippen molar-refractivity contribution in [3.63, 3.8) is 0 Å². The third-order valence-corrected chi connectivity index (χ3v) is 5.77. The molecule has 1 aliphatic heterocycles. The quantitative estimate of drug-likeness (QED) is 0.462. The minimum absolute atomic E-state index is 0.269. The van der Waals surface area contributed by atoms with Crippen molar-refractivity contribution in [1.82, 2.24) is 0 Å². The van der Waals surface area contributed by atoms with E-state index >= 15 is 0 Å². The van der Waals surface area contributed by atoms with Crippen LogP contribution in [0.25, 0.3) is 0 Å². The predicted octanol–water partition coefficient (Wildman–Crippen LogP) is 4.77. The first-order valence-corrected chi connectivity index (χ1v) is 9.97. The monoisotopic (exact) mass is 348 g/mol. The zero-order valence-corrected chi connectivity index (χ0v) is 15.0. The highest BCUT2D eigenvalue weighted by atomic mass is 32.2. The van der Waals surface area contributed by atoms with Crippen molar-refractivity contribution in [3.8, 4) is 0 Å². The van der Waals surface area contributed by atoms with Crippen LogP contribution >= 0.6 is 11.8 Å². The number of allylic oxidation sites excluding steroid dienone is 2. The van der Waals surface area contributed by atoms with E-state index in [-0.39, 0.29) is 6.42 Å². The molecular formula is C20H28O3S. The molecule has 1 N–H and O–H groups in total. The van der Waals surface area contributed by atoms with Gasteiger partial charge in [0.05, 0.1) is 6.61 Å². The Morgan fingerprint density at radius 1 is 1.21 bits per heavy atom. The molecule has 1 aromatic carbocycles. The van der Waals surface area contributed by atoms with E-state index in [0.29, 0.717) is 6.61 Å². The molecule has 0 amide bonds. The van der Waals surface area contributed by atoms with Crippen molar-refractivity contribution in [1.29, 1.82) is 0 Å². The van der Waals surface area contributed by atoms with Crippen molar-refractivity contribution in [2.75, 3.05) is 18.1 Å². The van der Waals surface area contributed by atoms with Gasteiger partial charge in [-0.05, 0) is 54.6 Å². The maximum Gasteiger partial charge on any atom is 0.303 e. The van der Waals surface area contributed by atoms with E-state index in [2.05, 4.69) is 24.3 Å². The number of carbonyl (C=O) groups is 1. The van der Waals surface area contributed by atoms with Crippen LogP contribution in [-0.2, 0) is 16.1 Å². The summed E-state index contributed by atoms with van der Waals surface area (Å²) in [7, 11) is 0. The van der Waals surface area contributed by atoms with Crippen molar-refractivity contribution in [2.45, 2.75) is 38.7 Å². The van der Waals surface area contributed by atoms with Crippen LogP contribution in [0.4, 0.5) is 0 Å². The molecule has 0 aliphatic carbocycles. The molecule has 0 aromatic heterocycles. The van der Waals surface area contributed by atoms with Crippen LogP contribution in [0.15, 0.2) is 42.5 Å². The Bertz CT molecular complexity index is 501. The Balaban J connectivity index is 1.58. The maximum absolute atomic E-state index is 10.5. The molecule has 1 heterocycles. The van der Waals surface area contributed by atoms with E-state index in [1.807, 2.05) is 30.0 Å². The molecule has 0 saturated carbocycles. The highest BCUT2D eigenvalue weighted by Crippen LogP contribution is 2.34. The van der Waals surface area contributed by atoms with E-state index in [9.17, 15) is 4.79 Å². The number of rotatable bonds is 11.